The minimum absolute atomic E-state index is 0.0286. The third-order valence-corrected chi connectivity index (χ3v) is 45.2. The second-order valence-electron chi connectivity index (χ2n) is 17.3. The highest BCUT2D eigenvalue weighted by Crippen LogP contribution is 2.28. The number of hydrogen-bond acceptors (Lipinski definition) is 6. The lowest BCUT2D eigenvalue weighted by Gasteiger charge is -2.30. The Bertz CT molecular complexity index is 760. The van der Waals surface area contributed by atoms with E-state index in [9.17, 15) is 14.4 Å². The summed E-state index contributed by atoms with van der Waals surface area (Å²) in [7, 11) is 0.813. The maximum absolute atomic E-state index is 11.7. The molecular formula is C34H76O6Si6. The van der Waals surface area contributed by atoms with Crippen molar-refractivity contribution in [3.8, 4) is 0 Å². The van der Waals surface area contributed by atoms with E-state index in [1.807, 2.05) is 0 Å². The van der Waals surface area contributed by atoms with Crippen molar-refractivity contribution in [2.45, 2.75) is 158 Å². The molecule has 0 fully saturated rings. The summed E-state index contributed by atoms with van der Waals surface area (Å²) in [5, 5.41) is 0. The smallest absolute Gasteiger partial charge is 0.305 e. The van der Waals surface area contributed by atoms with Crippen molar-refractivity contribution in [3.63, 3.8) is 0 Å². The fourth-order valence-electron chi connectivity index (χ4n) is 6.79. The second kappa shape index (κ2) is 24.0. The van der Waals surface area contributed by atoms with Crippen LogP contribution in [-0.2, 0) is 28.6 Å². The molecular weight excluding hydrogens is 673 g/mol. The minimum Gasteiger partial charge on any atom is -0.469 e. The van der Waals surface area contributed by atoms with Gasteiger partial charge in [-0.15, -0.1) is 0 Å². The van der Waals surface area contributed by atoms with Gasteiger partial charge in [-0.25, -0.2) is 0 Å². The molecule has 272 valence electrons. The zero-order chi connectivity index (χ0) is 35.4. The van der Waals surface area contributed by atoms with Crippen LogP contribution in [0.4, 0.5) is 0 Å². The van der Waals surface area contributed by atoms with Gasteiger partial charge in [0.1, 0.15) is 0 Å². The molecule has 0 saturated carbocycles. The number of methoxy groups -OCH3 is 3. The van der Waals surface area contributed by atoms with Gasteiger partial charge in [-0.1, -0.05) is 139 Å². The first-order valence-electron chi connectivity index (χ1n) is 18.5. The van der Waals surface area contributed by atoms with E-state index in [0.29, 0.717) is 37.0 Å². The van der Waals surface area contributed by atoms with Crippen LogP contribution < -0.4 is 0 Å². The lowest BCUT2D eigenvalue weighted by molar-refractivity contribution is -0.142. The van der Waals surface area contributed by atoms with Crippen LogP contribution in [0.5, 0.6) is 0 Å². The molecule has 0 aromatic carbocycles. The van der Waals surface area contributed by atoms with Crippen LogP contribution in [0.2, 0.25) is 79.2 Å². The molecule has 0 aliphatic heterocycles. The summed E-state index contributed by atoms with van der Waals surface area (Å²) in [5.74, 6) is 1.06. The first-order valence-corrected chi connectivity index (χ1v) is 34.2. The van der Waals surface area contributed by atoms with Gasteiger partial charge < -0.3 is 14.2 Å². The lowest BCUT2D eigenvalue weighted by Crippen LogP contribution is -2.37. The minimum atomic E-state index is -1.19. The number of carbonyl (C=O) groups excluding carboxylic acids is 3. The summed E-state index contributed by atoms with van der Waals surface area (Å²) >= 11 is 0. The van der Waals surface area contributed by atoms with Crippen molar-refractivity contribution in [3.05, 3.63) is 0 Å². The zero-order valence-corrected chi connectivity index (χ0v) is 39.7. The molecule has 0 aromatic heterocycles. The van der Waals surface area contributed by atoms with Crippen LogP contribution in [0.1, 0.15) is 78.6 Å². The molecule has 0 aromatic rings. The fourth-order valence-corrected chi connectivity index (χ4v) is 42.0. The standard InChI is InChI=1S/C34H76O6Si6/c1-28(22-31(35)38-4)16-13-19-44(7,8)25-41-34(42-26-45(9,10)20-14-17-29(2)23-32(36)39-5)43-27-46(11,12)21-15-18-30(3)24-33(37)40-6/h28-30,34H,13-27,41-43H2,1-12H3. The van der Waals surface area contributed by atoms with E-state index >= 15 is 0 Å². The zero-order valence-electron chi connectivity index (χ0n) is 32.5. The Balaban J connectivity index is 5.13. The van der Waals surface area contributed by atoms with Gasteiger partial charge in [-0.05, 0) is 17.8 Å². The monoisotopic (exact) mass is 748 g/mol. The quantitative estimate of drug-likeness (QED) is 0.0506. The Labute approximate surface area is 294 Å². The number of esters is 3. The third kappa shape index (κ3) is 24.8. The number of carbonyl (C=O) groups is 3. The first-order chi connectivity index (χ1) is 21.3. The van der Waals surface area contributed by atoms with Crippen molar-refractivity contribution >= 4 is 70.7 Å². The Hall–Kier alpha value is -0.289. The molecule has 0 amide bonds. The normalized spacial score (nSPS) is 15.9. The fraction of sp³-hybridized carbons (Fsp3) is 0.912. The highest BCUT2D eigenvalue weighted by molar-refractivity contribution is 6.95. The molecule has 0 saturated heterocycles. The second-order valence-corrected chi connectivity index (χ2v) is 46.5. The molecule has 0 aliphatic carbocycles. The number of hydrogen-bond donors (Lipinski definition) is 0. The molecule has 3 atom stereocenters. The predicted octanol–water partition coefficient (Wildman–Crippen LogP) is 7.13. The molecule has 0 heterocycles. The summed E-state index contributed by atoms with van der Waals surface area (Å²) in [6.07, 6.45) is 8.93. The number of rotatable bonds is 27. The van der Waals surface area contributed by atoms with E-state index in [-0.39, 0.29) is 46.5 Å². The van der Waals surface area contributed by atoms with Crippen molar-refractivity contribution < 1.29 is 28.6 Å². The van der Waals surface area contributed by atoms with Crippen molar-refractivity contribution in [2.75, 3.05) is 21.3 Å². The summed E-state index contributed by atoms with van der Waals surface area (Å²) in [4.78, 5) is 36.2. The highest BCUT2D eigenvalue weighted by Gasteiger charge is 2.29. The van der Waals surface area contributed by atoms with E-state index in [4.69, 9.17) is 14.2 Å². The molecule has 0 radical (unpaired) electrons. The van der Waals surface area contributed by atoms with E-state index < -0.39 is 24.2 Å². The van der Waals surface area contributed by atoms with Crippen LogP contribution in [-0.4, -0.2) is 92.0 Å². The van der Waals surface area contributed by atoms with Crippen LogP contribution in [0.15, 0.2) is 0 Å². The van der Waals surface area contributed by atoms with Gasteiger partial charge in [0.05, 0.1) is 21.3 Å². The maximum Gasteiger partial charge on any atom is 0.305 e. The Morgan fingerprint density at radius 1 is 0.500 bits per heavy atom. The van der Waals surface area contributed by atoms with Crippen molar-refractivity contribution in [2.24, 2.45) is 17.8 Å². The topological polar surface area (TPSA) is 78.9 Å². The van der Waals surface area contributed by atoms with Crippen LogP contribution in [0.3, 0.4) is 0 Å². The third-order valence-electron chi connectivity index (χ3n) is 10.6. The summed E-state index contributed by atoms with van der Waals surface area (Å²) < 4.78 is 14.6. The van der Waals surface area contributed by atoms with Crippen LogP contribution >= 0.6 is 0 Å². The summed E-state index contributed by atoms with van der Waals surface area (Å²) in [6.45, 7) is 22.5. The van der Waals surface area contributed by atoms with Gasteiger partial charge in [-0.3, -0.25) is 14.4 Å². The maximum atomic E-state index is 11.7. The molecule has 0 aliphatic rings. The van der Waals surface area contributed by atoms with Gasteiger partial charge in [-0.2, -0.15) is 0 Å². The van der Waals surface area contributed by atoms with Crippen LogP contribution in [0, 0.1) is 17.8 Å². The molecule has 0 rings (SSSR count). The largest absolute Gasteiger partial charge is 0.469 e. The molecule has 12 heteroatoms. The van der Waals surface area contributed by atoms with Gasteiger partial charge in [0.15, 0.2) is 0 Å². The van der Waals surface area contributed by atoms with Gasteiger partial charge in [0, 0.05) is 72.0 Å². The average molecular weight is 749 g/mol. The van der Waals surface area contributed by atoms with Gasteiger partial charge >= 0.3 is 17.9 Å². The van der Waals surface area contributed by atoms with Crippen LogP contribution in [0.25, 0.3) is 0 Å². The van der Waals surface area contributed by atoms with E-state index in [1.54, 1.807) is 17.0 Å². The Morgan fingerprint density at radius 2 is 0.739 bits per heavy atom. The van der Waals surface area contributed by atoms with Gasteiger partial charge in [0.25, 0.3) is 0 Å². The molecule has 46 heavy (non-hydrogen) atoms. The molecule has 6 nitrogen and oxygen atoms in total. The lowest BCUT2D eigenvalue weighted by atomic mass is 10.0. The predicted molar refractivity (Wildman–Crippen MR) is 216 cm³/mol. The molecule has 3 unspecified atom stereocenters. The van der Waals surface area contributed by atoms with Gasteiger partial charge in [0.2, 0.25) is 0 Å². The van der Waals surface area contributed by atoms with E-state index in [2.05, 4.69) is 60.1 Å². The molecule has 0 N–H and O–H groups in total. The highest BCUT2D eigenvalue weighted by atomic mass is 28.4. The molecule has 0 spiro atoms. The van der Waals surface area contributed by atoms with E-state index in [1.165, 1.54) is 63.5 Å². The van der Waals surface area contributed by atoms with Crippen molar-refractivity contribution in [1.82, 2.24) is 0 Å². The first kappa shape index (κ1) is 45.7. The Morgan fingerprint density at radius 3 is 0.957 bits per heavy atom. The summed E-state index contributed by atoms with van der Waals surface area (Å²) in [5.41, 5.74) is 4.84. The van der Waals surface area contributed by atoms with Crippen molar-refractivity contribution in [1.29, 1.82) is 0 Å². The number of ether oxygens (including phenoxy) is 3. The summed E-state index contributed by atoms with van der Waals surface area (Å²) in [6, 6.07) is 4.24. The average Bonchev–Trinajstić information content (AvgIpc) is 2.95. The SMILES string of the molecule is COC(=O)CC(C)CCC[Si](C)(C)C[SiH2]C([SiH2]C[Si](C)(C)CCCC(C)CC(=O)OC)[SiH2]C[Si](C)(C)CCCC(C)CC(=O)OC. The van der Waals surface area contributed by atoms with E-state index in [0.717, 1.165) is 19.3 Å². The Kier molecular flexibility index (Phi) is 23.8. The molecule has 0 bridgehead atoms.